The second kappa shape index (κ2) is 11.0. The first kappa shape index (κ1) is 18.4. The molecule has 0 aromatic heterocycles. The number of rotatable bonds is 12. The summed E-state index contributed by atoms with van der Waals surface area (Å²) in [6, 6.07) is 0.306. The predicted molar refractivity (Wildman–Crippen MR) is 88.5 cm³/mol. The molecule has 124 valence electrons. The molecule has 1 unspecified atom stereocenters. The van der Waals surface area contributed by atoms with E-state index in [1.54, 1.807) is 0 Å². The molecule has 0 radical (unpaired) electrons. The Labute approximate surface area is 130 Å². The highest BCUT2D eigenvalue weighted by Crippen LogP contribution is 2.15. The summed E-state index contributed by atoms with van der Waals surface area (Å²) in [5.74, 6) is 0.457. The van der Waals surface area contributed by atoms with Gasteiger partial charge in [0.05, 0.1) is 6.54 Å². The summed E-state index contributed by atoms with van der Waals surface area (Å²) < 4.78 is 0. The number of amidine groups is 1. The molecule has 1 rings (SSSR count). The van der Waals surface area contributed by atoms with Crippen molar-refractivity contribution in [3.63, 3.8) is 0 Å². The molecule has 0 bridgehead atoms. The smallest absolute Gasteiger partial charge is 0.211 e. The van der Waals surface area contributed by atoms with E-state index in [-0.39, 0.29) is 0 Å². The zero-order chi connectivity index (χ0) is 15.5. The highest BCUT2D eigenvalue weighted by molar-refractivity contribution is 5.86. The van der Waals surface area contributed by atoms with Gasteiger partial charge < -0.3 is 15.1 Å². The molecule has 0 fully saturated rings. The van der Waals surface area contributed by atoms with Gasteiger partial charge in [0, 0.05) is 12.6 Å². The van der Waals surface area contributed by atoms with Crippen LogP contribution in [0.15, 0.2) is 4.99 Å². The Morgan fingerprint density at radius 3 is 2.05 bits per heavy atom. The van der Waals surface area contributed by atoms with Crippen LogP contribution >= 0.6 is 0 Å². The molecule has 1 aliphatic heterocycles. The minimum Gasteiger partial charge on any atom is -0.362 e. The number of aliphatic imine (C=N–C) groups is 1. The first-order valence-electron chi connectivity index (χ1n) is 8.84. The van der Waals surface area contributed by atoms with E-state index in [1.165, 1.54) is 57.8 Å². The van der Waals surface area contributed by atoms with Crippen molar-refractivity contribution in [3.05, 3.63) is 0 Å². The third-order valence-electron chi connectivity index (χ3n) is 4.33. The van der Waals surface area contributed by atoms with Crippen molar-refractivity contribution in [3.8, 4) is 0 Å². The predicted octanol–water partition coefficient (Wildman–Crippen LogP) is 3.32. The van der Waals surface area contributed by atoms with Gasteiger partial charge in [-0.05, 0) is 13.3 Å². The molecular formula is C17H34N2O2. The summed E-state index contributed by atoms with van der Waals surface area (Å²) in [5.41, 5.74) is 0. The maximum atomic E-state index is 9.28. The maximum absolute atomic E-state index is 9.28. The van der Waals surface area contributed by atoms with Gasteiger partial charge in [0.1, 0.15) is 0 Å². The van der Waals surface area contributed by atoms with E-state index in [9.17, 15) is 10.2 Å². The monoisotopic (exact) mass is 298 g/mol. The summed E-state index contributed by atoms with van der Waals surface area (Å²) >= 11 is 0. The first-order chi connectivity index (χ1) is 10.2. The summed E-state index contributed by atoms with van der Waals surface area (Å²) in [4.78, 5) is 6.26. The third kappa shape index (κ3) is 7.28. The molecule has 0 aromatic carbocycles. The topological polar surface area (TPSA) is 56.1 Å². The number of hydrogen-bond donors (Lipinski definition) is 2. The van der Waals surface area contributed by atoms with Gasteiger partial charge in [0.2, 0.25) is 6.29 Å². The van der Waals surface area contributed by atoms with Crippen molar-refractivity contribution in [1.82, 2.24) is 4.90 Å². The first-order valence-corrected chi connectivity index (χ1v) is 8.84. The fourth-order valence-corrected chi connectivity index (χ4v) is 2.98. The van der Waals surface area contributed by atoms with Gasteiger partial charge in [-0.15, -0.1) is 0 Å². The summed E-state index contributed by atoms with van der Waals surface area (Å²) in [6.45, 7) is 5.93. The van der Waals surface area contributed by atoms with E-state index in [1.807, 2.05) is 0 Å². The molecule has 0 saturated carbocycles. The van der Waals surface area contributed by atoms with Crippen LogP contribution in [0.25, 0.3) is 0 Å². The Kier molecular flexibility index (Phi) is 9.68. The van der Waals surface area contributed by atoms with E-state index in [0.717, 1.165) is 13.0 Å². The molecule has 0 saturated heterocycles. The van der Waals surface area contributed by atoms with Gasteiger partial charge in [0.15, 0.2) is 5.84 Å². The van der Waals surface area contributed by atoms with Crippen molar-refractivity contribution in [2.24, 2.45) is 4.99 Å². The quantitative estimate of drug-likeness (QED) is 0.429. The Bertz CT molecular complexity index is 293. The van der Waals surface area contributed by atoms with E-state index in [2.05, 4.69) is 23.7 Å². The summed E-state index contributed by atoms with van der Waals surface area (Å²) in [5, 5.41) is 18.6. The van der Waals surface area contributed by atoms with Crippen LogP contribution in [0.1, 0.15) is 78.1 Å². The van der Waals surface area contributed by atoms with Crippen LogP contribution in [-0.4, -0.2) is 46.4 Å². The van der Waals surface area contributed by atoms with Crippen molar-refractivity contribution < 1.29 is 10.2 Å². The maximum Gasteiger partial charge on any atom is 0.211 e. The number of hydrogen-bond acceptors (Lipinski definition) is 4. The summed E-state index contributed by atoms with van der Waals surface area (Å²) in [6.07, 6.45) is 11.8. The Morgan fingerprint density at radius 2 is 1.52 bits per heavy atom. The Hall–Kier alpha value is -0.610. The number of aliphatic hydroxyl groups is 2. The Morgan fingerprint density at radius 1 is 1.00 bits per heavy atom. The van der Waals surface area contributed by atoms with Crippen LogP contribution in [0.2, 0.25) is 0 Å². The molecule has 0 amide bonds. The largest absolute Gasteiger partial charge is 0.362 e. The lowest BCUT2D eigenvalue weighted by Crippen LogP contribution is -2.41. The highest BCUT2D eigenvalue weighted by Gasteiger charge is 2.27. The lowest BCUT2D eigenvalue weighted by molar-refractivity contribution is 0.00971. The van der Waals surface area contributed by atoms with E-state index in [0.29, 0.717) is 18.4 Å². The van der Waals surface area contributed by atoms with E-state index in [4.69, 9.17) is 0 Å². The minimum absolute atomic E-state index is 0.306. The molecule has 0 aromatic rings. The van der Waals surface area contributed by atoms with Gasteiger partial charge in [-0.3, -0.25) is 4.99 Å². The molecule has 1 heterocycles. The molecule has 21 heavy (non-hydrogen) atoms. The third-order valence-corrected chi connectivity index (χ3v) is 4.33. The average molecular weight is 298 g/mol. The fraction of sp³-hybridized carbons (Fsp3) is 0.941. The normalized spacial score (nSPS) is 18.6. The number of unbranched alkanes of at least 4 members (excludes halogenated alkanes) is 9. The molecule has 4 heteroatoms. The van der Waals surface area contributed by atoms with Gasteiger partial charge in [-0.25, -0.2) is 0 Å². The molecule has 4 nitrogen and oxygen atoms in total. The van der Waals surface area contributed by atoms with Gasteiger partial charge in [-0.2, -0.15) is 0 Å². The van der Waals surface area contributed by atoms with Crippen LogP contribution in [0.5, 0.6) is 0 Å². The molecule has 1 atom stereocenters. The fourth-order valence-electron chi connectivity index (χ4n) is 2.98. The van der Waals surface area contributed by atoms with E-state index < -0.39 is 6.29 Å². The molecular weight excluding hydrogens is 264 g/mol. The average Bonchev–Trinajstić information content (AvgIpc) is 2.82. The second-order valence-corrected chi connectivity index (χ2v) is 6.30. The highest BCUT2D eigenvalue weighted by atomic mass is 16.5. The lowest BCUT2D eigenvalue weighted by atomic mass is 10.1. The van der Waals surface area contributed by atoms with Crippen molar-refractivity contribution >= 4 is 5.84 Å². The zero-order valence-corrected chi connectivity index (χ0v) is 13.9. The van der Waals surface area contributed by atoms with Gasteiger partial charge in [-0.1, -0.05) is 64.7 Å². The van der Waals surface area contributed by atoms with Crippen LogP contribution in [0.4, 0.5) is 0 Å². The Balaban J connectivity index is 1.98. The van der Waals surface area contributed by atoms with Crippen LogP contribution in [0, 0.1) is 0 Å². The van der Waals surface area contributed by atoms with Crippen molar-refractivity contribution in [1.29, 1.82) is 0 Å². The SMILES string of the molecule is CCCCCCCCCCCCN1C(C(O)O)=NCC1C. The molecule has 2 N–H and O–H groups in total. The van der Waals surface area contributed by atoms with Crippen molar-refractivity contribution in [2.45, 2.75) is 90.4 Å². The van der Waals surface area contributed by atoms with Gasteiger partial charge >= 0.3 is 0 Å². The van der Waals surface area contributed by atoms with Gasteiger partial charge in [0.25, 0.3) is 0 Å². The van der Waals surface area contributed by atoms with Crippen LogP contribution in [-0.2, 0) is 0 Å². The van der Waals surface area contributed by atoms with Crippen molar-refractivity contribution in [2.75, 3.05) is 13.1 Å². The lowest BCUT2D eigenvalue weighted by Gasteiger charge is -2.26. The molecule has 1 aliphatic rings. The van der Waals surface area contributed by atoms with E-state index >= 15 is 0 Å². The molecule has 0 aliphatic carbocycles. The van der Waals surface area contributed by atoms with Crippen LogP contribution in [0.3, 0.4) is 0 Å². The zero-order valence-electron chi connectivity index (χ0n) is 13.9. The summed E-state index contributed by atoms with van der Waals surface area (Å²) in [7, 11) is 0. The minimum atomic E-state index is -1.42. The molecule has 0 spiro atoms. The second-order valence-electron chi connectivity index (χ2n) is 6.30. The number of nitrogens with zero attached hydrogens (tertiary/aromatic N) is 2. The number of aliphatic hydroxyl groups excluding tert-OH is 1. The van der Waals surface area contributed by atoms with Crippen LogP contribution < -0.4 is 0 Å². The standard InChI is InChI=1S/C17H34N2O2/c1-3-4-5-6-7-8-9-10-11-12-13-19-15(2)14-18-16(19)17(20)21/h15,17,20-21H,3-14H2,1-2H3.